The molecule has 0 atom stereocenters. The first kappa shape index (κ1) is 28.2. The maximum absolute atomic E-state index is 12.5. The quantitative estimate of drug-likeness (QED) is 0.193. The highest BCUT2D eigenvalue weighted by Crippen LogP contribution is 2.37. The first-order valence-electron chi connectivity index (χ1n) is 12.2. The normalized spacial score (nSPS) is 16.6. The van der Waals surface area contributed by atoms with E-state index < -0.39 is 22.7 Å². The number of hydrogen-bond acceptors (Lipinski definition) is 9. The molecule has 0 unspecified atom stereocenters. The van der Waals surface area contributed by atoms with E-state index in [1.54, 1.807) is 0 Å². The molecule has 0 aliphatic heterocycles. The summed E-state index contributed by atoms with van der Waals surface area (Å²) in [7, 11) is 2.49. The summed E-state index contributed by atoms with van der Waals surface area (Å²) in [5, 5.41) is 16.8. The molecule has 1 aliphatic carbocycles. The Labute approximate surface area is 219 Å². The summed E-state index contributed by atoms with van der Waals surface area (Å²) in [6.45, 7) is 0.673. The highest BCUT2D eigenvalue weighted by Gasteiger charge is 2.30. The smallest absolute Gasteiger partial charge is 0.407 e. The van der Waals surface area contributed by atoms with Crippen LogP contribution in [0.1, 0.15) is 41.6 Å². The molecule has 0 spiro atoms. The second-order valence-electron chi connectivity index (χ2n) is 8.64. The lowest BCUT2D eigenvalue weighted by atomic mass is 9.86. The maximum Gasteiger partial charge on any atom is 0.407 e. The van der Waals surface area contributed by atoms with Gasteiger partial charge in [0.15, 0.2) is 11.5 Å². The van der Waals surface area contributed by atoms with Crippen LogP contribution in [0.4, 0.5) is 10.5 Å². The predicted octanol–water partition coefficient (Wildman–Crippen LogP) is 3.37. The molecule has 1 fully saturated rings. The summed E-state index contributed by atoms with van der Waals surface area (Å²) < 4.78 is 21.0. The first-order chi connectivity index (χ1) is 18.3. The van der Waals surface area contributed by atoms with Crippen molar-refractivity contribution >= 4 is 23.7 Å². The Morgan fingerprint density at radius 2 is 1.66 bits per heavy atom. The van der Waals surface area contributed by atoms with Gasteiger partial charge < -0.3 is 29.6 Å². The summed E-state index contributed by atoms with van der Waals surface area (Å²) >= 11 is 0. The van der Waals surface area contributed by atoms with Crippen LogP contribution in [0.2, 0.25) is 0 Å². The van der Waals surface area contributed by atoms with E-state index >= 15 is 0 Å². The van der Waals surface area contributed by atoms with E-state index in [1.807, 2.05) is 30.3 Å². The molecule has 0 saturated heterocycles. The van der Waals surface area contributed by atoms with Gasteiger partial charge in [-0.1, -0.05) is 30.3 Å². The van der Waals surface area contributed by atoms with Crippen molar-refractivity contribution < 1.29 is 38.3 Å². The van der Waals surface area contributed by atoms with Crippen LogP contribution in [-0.2, 0) is 20.9 Å². The second-order valence-corrected chi connectivity index (χ2v) is 8.64. The molecule has 0 radical (unpaired) electrons. The molecule has 2 amide bonds. The van der Waals surface area contributed by atoms with Gasteiger partial charge in [0.2, 0.25) is 5.91 Å². The third kappa shape index (κ3) is 7.82. The van der Waals surface area contributed by atoms with Gasteiger partial charge in [-0.25, -0.2) is 9.59 Å². The van der Waals surface area contributed by atoms with Crippen molar-refractivity contribution in [1.82, 2.24) is 10.6 Å². The number of hydrogen-bond donors (Lipinski definition) is 2. The van der Waals surface area contributed by atoms with Crippen molar-refractivity contribution in [3.63, 3.8) is 0 Å². The van der Waals surface area contributed by atoms with Gasteiger partial charge in [-0.3, -0.25) is 14.9 Å². The minimum absolute atomic E-state index is 0.108. The molecule has 0 heterocycles. The van der Waals surface area contributed by atoms with Gasteiger partial charge in [-0.2, -0.15) is 0 Å². The van der Waals surface area contributed by atoms with Crippen LogP contribution in [0.15, 0.2) is 42.5 Å². The Balaban J connectivity index is 1.43. The summed E-state index contributed by atoms with van der Waals surface area (Å²) in [5.41, 5.74) is 0.200. The van der Waals surface area contributed by atoms with Crippen molar-refractivity contribution in [2.75, 3.05) is 27.3 Å². The fourth-order valence-electron chi connectivity index (χ4n) is 4.12. The predicted molar refractivity (Wildman–Crippen MR) is 135 cm³/mol. The van der Waals surface area contributed by atoms with Crippen molar-refractivity contribution in [3.8, 4) is 11.5 Å². The number of esters is 1. The van der Waals surface area contributed by atoms with Gasteiger partial charge >= 0.3 is 12.1 Å². The van der Waals surface area contributed by atoms with Gasteiger partial charge in [0.1, 0.15) is 12.2 Å². The van der Waals surface area contributed by atoms with Crippen LogP contribution in [0, 0.1) is 16.0 Å². The Bertz CT molecular complexity index is 1130. The fourth-order valence-corrected chi connectivity index (χ4v) is 4.12. The number of ether oxygens (including phenoxy) is 4. The molecule has 204 valence electrons. The lowest BCUT2D eigenvalue weighted by molar-refractivity contribution is -0.385. The highest BCUT2D eigenvalue weighted by atomic mass is 16.6. The number of methoxy groups -OCH3 is 2. The molecule has 0 aromatic heterocycles. The second kappa shape index (κ2) is 13.8. The summed E-state index contributed by atoms with van der Waals surface area (Å²) in [6, 6.07) is 11.7. The number of nitro benzene ring substituents is 1. The third-order valence-corrected chi connectivity index (χ3v) is 6.13. The Morgan fingerprint density at radius 1 is 0.974 bits per heavy atom. The average Bonchev–Trinajstić information content (AvgIpc) is 2.94. The SMILES string of the molecule is COC(=O)c1cc(O[C@H]2CC[C@@H](C(=O)NCCNC(=O)OCc3ccccc3)CC2)c(OC)cc1[N+](=O)[O-]. The van der Waals surface area contributed by atoms with Crippen molar-refractivity contribution in [2.45, 2.75) is 38.4 Å². The van der Waals surface area contributed by atoms with Crippen LogP contribution in [0.25, 0.3) is 0 Å². The molecule has 2 N–H and O–H groups in total. The molecule has 2 aromatic rings. The largest absolute Gasteiger partial charge is 0.493 e. The zero-order valence-electron chi connectivity index (χ0n) is 21.3. The van der Waals surface area contributed by atoms with E-state index in [9.17, 15) is 24.5 Å². The summed E-state index contributed by atoms with van der Waals surface area (Å²) in [4.78, 5) is 47.0. The lowest BCUT2D eigenvalue weighted by Gasteiger charge is -2.28. The number of rotatable bonds is 11. The van der Waals surface area contributed by atoms with E-state index in [-0.39, 0.29) is 54.7 Å². The summed E-state index contributed by atoms with van der Waals surface area (Å²) in [6.07, 6.45) is 1.45. The maximum atomic E-state index is 12.5. The zero-order chi connectivity index (χ0) is 27.5. The number of amides is 2. The Kier molecular flexibility index (Phi) is 10.3. The molecular formula is C26H31N3O9. The molecule has 0 bridgehead atoms. The van der Waals surface area contributed by atoms with Gasteiger partial charge in [-0.15, -0.1) is 0 Å². The van der Waals surface area contributed by atoms with Crippen LogP contribution < -0.4 is 20.1 Å². The molecule has 3 rings (SSSR count). The van der Waals surface area contributed by atoms with E-state index in [2.05, 4.69) is 15.4 Å². The third-order valence-electron chi connectivity index (χ3n) is 6.13. The Hall–Kier alpha value is -4.35. The van der Waals surface area contributed by atoms with E-state index in [0.717, 1.165) is 18.7 Å². The van der Waals surface area contributed by atoms with Crippen LogP contribution in [-0.4, -0.2) is 56.3 Å². The summed E-state index contributed by atoms with van der Waals surface area (Å²) in [5.74, 6) is -0.854. The molecular weight excluding hydrogens is 498 g/mol. The van der Waals surface area contributed by atoms with Gasteiger partial charge in [0.25, 0.3) is 5.69 Å². The van der Waals surface area contributed by atoms with E-state index in [4.69, 9.17) is 14.2 Å². The Morgan fingerprint density at radius 3 is 2.29 bits per heavy atom. The minimum Gasteiger partial charge on any atom is -0.493 e. The van der Waals surface area contributed by atoms with E-state index in [0.29, 0.717) is 25.7 Å². The average molecular weight is 530 g/mol. The molecule has 2 aromatic carbocycles. The van der Waals surface area contributed by atoms with Crippen molar-refractivity contribution in [1.29, 1.82) is 0 Å². The van der Waals surface area contributed by atoms with Crippen LogP contribution in [0.3, 0.4) is 0 Å². The monoisotopic (exact) mass is 529 g/mol. The molecule has 1 saturated carbocycles. The lowest BCUT2D eigenvalue weighted by Crippen LogP contribution is -2.39. The van der Waals surface area contributed by atoms with Crippen molar-refractivity contribution in [3.05, 3.63) is 63.7 Å². The standard InChI is InChI=1S/C26H31N3O9/c1-35-22-15-21(29(33)34)20(25(31)36-2)14-23(22)38-19-10-8-18(9-11-19)24(30)27-12-13-28-26(32)37-16-17-6-4-3-5-7-17/h3-7,14-15,18-19H,8-13,16H2,1-2H3,(H,27,30)(H,28,32)/t18-,19+. The number of nitrogens with one attached hydrogen (secondary N) is 2. The number of nitro groups is 1. The minimum atomic E-state index is -0.858. The van der Waals surface area contributed by atoms with Crippen molar-refractivity contribution in [2.24, 2.45) is 5.92 Å². The van der Waals surface area contributed by atoms with Gasteiger partial charge in [0.05, 0.1) is 31.3 Å². The molecule has 12 nitrogen and oxygen atoms in total. The highest BCUT2D eigenvalue weighted by molar-refractivity contribution is 5.95. The topological polar surface area (TPSA) is 155 Å². The number of benzene rings is 2. The number of nitrogens with zero attached hydrogens (tertiary/aromatic N) is 1. The van der Waals surface area contributed by atoms with Crippen LogP contribution in [0.5, 0.6) is 11.5 Å². The molecule has 38 heavy (non-hydrogen) atoms. The first-order valence-corrected chi connectivity index (χ1v) is 12.2. The van der Waals surface area contributed by atoms with E-state index in [1.165, 1.54) is 13.2 Å². The number of alkyl carbamates (subject to hydrolysis) is 1. The fraction of sp³-hybridized carbons (Fsp3) is 0.423. The number of carbonyl (C=O) groups excluding carboxylic acids is 3. The van der Waals surface area contributed by atoms with Gasteiger partial charge in [-0.05, 0) is 31.2 Å². The molecule has 1 aliphatic rings. The zero-order valence-corrected chi connectivity index (χ0v) is 21.3. The van der Waals surface area contributed by atoms with Crippen LogP contribution >= 0.6 is 0 Å². The molecule has 12 heteroatoms. The number of carbonyl (C=O) groups is 3. The van der Waals surface area contributed by atoms with Gasteiger partial charge in [0, 0.05) is 25.1 Å².